The Labute approximate surface area is 158 Å². The molecule has 0 aliphatic carbocycles. The van der Waals surface area contributed by atoms with Crippen LogP contribution in [0.1, 0.15) is 124 Å². The maximum absolute atomic E-state index is 11.7. The van der Waals surface area contributed by atoms with E-state index in [4.69, 9.17) is 4.74 Å². The summed E-state index contributed by atoms with van der Waals surface area (Å²) in [5.41, 5.74) is 0. The van der Waals surface area contributed by atoms with Crippen molar-refractivity contribution in [3.63, 3.8) is 0 Å². The van der Waals surface area contributed by atoms with E-state index in [1.807, 2.05) is 0 Å². The van der Waals surface area contributed by atoms with Crippen molar-refractivity contribution in [3.05, 3.63) is 0 Å². The zero-order valence-corrected chi connectivity index (χ0v) is 17.8. The zero-order valence-electron chi connectivity index (χ0n) is 17.8. The van der Waals surface area contributed by atoms with Crippen LogP contribution in [0.4, 0.5) is 0 Å². The molecular weight excluding hydrogens is 308 g/mol. The minimum Gasteiger partial charge on any atom is -0.466 e. The Bertz CT molecular complexity index is 284. The lowest BCUT2D eigenvalue weighted by molar-refractivity contribution is -0.143. The second kappa shape index (κ2) is 18.3. The fourth-order valence-electron chi connectivity index (χ4n) is 3.15. The van der Waals surface area contributed by atoms with E-state index in [0.29, 0.717) is 13.0 Å². The number of esters is 1. The lowest BCUT2D eigenvalue weighted by atomic mass is 10.0. The Balaban J connectivity index is 3.18. The summed E-state index contributed by atoms with van der Waals surface area (Å²) < 4.78 is 5.33. The molecule has 25 heavy (non-hydrogen) atoms. The largest absolute Gasteiger partial charge is 0.466 e. The molecule has 150 valence electrons. The molecule has 0 aliphatic rings. The number of carbonyl (C=O) groups excluding carboxylic acids is 1. The van der Waals surface area contributed by atoms with Crippen LogP contribution in [0, 0.1) is 11.8 Å². The van der Waals surface area contributed by atoms with Crippen molar-refractivity contribution >= 4 is 5.97 Å². The van der Waals surface area contributed by atoms with Crippen molar-refractivity contribution in [1.29, 1.82) is 0 Å². The Morgan fingerprint density at radius 1 is 0.600 bits per heavy atom. The van der Waals surface area contributed by atoms with E-state index in [1.54, 1.807) is 0 Å². The highest BCUT2D eigenvalue weighted by molar-refractivity contribution is 5.69. The summed E-state index contributed by atoms with van der Waals surface area (Å²) in [6, 6.07) is 0. The maximum Gasteiger partial charge on any atom is 0.305 e. The van der Waals surface area contributed by atoms with Crippen molar-refractivity contribution in [2.45, 2.75) is 124 Å². The summed E-state index contributed by atoms with van der Waals surface area (Å²) in [5, 5.41) is 0. The first-order valence-corrected chi connectivity index (χ1v) is 11.2. The normalized spacial score (nSPS) is 11.4. The lowest BCUT2D eigenvalue weighted by Crippen LogP contribution is -2.05. The SMILES string of the molecule is CC(C)CCCCCCCCOC(=O)CCCCCCCCC(C)C. The molecule has 0 saturated heterocycles. The maximum atomic E-state index is 11.7. The van der Waals surface area contributed by atoms with Gasteiger partial charge in [-0.1, -0.05) is 105 Å². The van der Waals surface area contributed by atoms with Crippen LogP contribution in [0.15, 0.2) is 0 Å². The van der Waals surface area contributed by atoms with Crippen LogP contribution in [-0.2, 0) is 9.53 Å². The van der Waals surface area contributed by atoms with Crippen molar-refractivity contribution in [1.82, 2.24) is 0 Å². The first kappa shape index (κ1) is 24.5. The first-order chi connectivity index (χ1) is 12.0. The first-order valence-electron chi connectivity index (χ1n) is 11.2. The smallest absolute Gasteiger partial charge is 0.305 e. The number of ether oxygens (including phenoxy) is 1. The van der Waals surface area contributed by atoms with Gasteiger partial charge in [0.05, 0.1) is 6.61 Å². The summed E-state index contributed by atoms with van der Waals surface area (Å²) >= 11 is 0. The van der Waals surface area contributed by atoms with Gasteiger partial charge >= 0.3 is 5.97 Å². The van der Waals surface area contributed by atoms with E-state index in [0.717, 1.165) is 24.7 Å². The second-order valence-corrected chi connectivity index (χ2v) is 8.58. The highest BCUT2D eigenvalue weighted by Gasteiger charge is 2.02. The molecule has 0 spiro atoms. The third-order valence-corrected chi connectivity index (χ3v) is 4.85. The van der Waals surface area contributed by atoms with Gasteiger partial charge in [-0.3, -0.25) is 4.79 Å². The standard InChI is InChI=1S/C23H46O2/c1-21(2)17-13-9-5-6-11-15-19-23(24)25-20-16-12-8-7-10-14-18-22(3)4/h21-22H,5-20H2,1-4H3. The van der Waals surface area contributed by atoms with Crippen LogP contribution in [0.3, 0.4) is 0 Å². The van der Waals surface area contributed by atoms with Gasteiger partial charge in [-0.25, -0.2) is 0 Å². The zero-order chi connectivity index (χ0) is 18.8. The minimum absolute atomic E-state index is 0.0109. The topological polar surface area (TPSA) is 26.3 Å². The van der Waals surface area contributed by atoms with Gasteiger partial charge in [0.15, 0.2) is 0 Å². The van der Waals surface area contributed by atoms with Gasteiger partial charge in [0.25, 0.3) is 0 Å². The van der Waals surface area contributed by atoms with E-state index in [-0.39, 0.29) is 5.97 Å². The van der Waals surface area contributed by atoms with Gasteiger partial charge in [-0.05, 0) is 24.7 Å². The fraction of sp³-hybridized carbons (Fsp3) is 0.957. The van der Waals surface area contributed by atoms with Crippen LogP contribution in [-0.4, -0.2) is 12.6 Å². The van der Waals surface area contributed by atoms with Crippen LogP contribution in [0.25, 0.3) is 0 Å². The predicted molar refractivity (Wildman–Crippen MR) is 110 cm³/mol. The number of carbonyl (C=O) groups is 1. The van der Waals surface area contributed by atoms with Gasteiger partial charge in [0, 0.05) is 6.42 Å². The number of rotatable bonds is 18. The van der Waals surface area contributed by atoms with Crippen molar-refractivity contribution in [2.75, 3.05) is 6.61 Å². The molecule has 0 bridgehead atoms. The molecule has 0 rings (SSSR count). The van der Waals surface area contributed by atoms with E-state index in [1.165, 1.54) is 77.0 Å². The van der Waals surface area contributed by atoms with Crippen LogP contribution in [0.2, 0.25) is 0 Å². The molecule has 0 saturated carbocycles. The van der Waals surface area contributed by atoms with Crippen molar-refractivity contribution < 1.29 is 9.53 Å². The Hall–Kier alpha value is -0.530. The fourth-order valence-corrected chi connectivity index (χ4v) is 3.15. The summed E-state index contributed by atoms with van der Waals surface area (Å²) in [4.78, 5) is 11.7. The van der Waals surface area contributed by atoms with E-state index >= 15 is 0 Å². The molecule has 0 N–H and O–H groups in total. The number of unbranched alkanes of at least 4 members (excludes halogenated alkanes) is 10. The van der Waals surface area contributed by atoms with Gasteiger partial charge < -0.3 is 4.74 Å². The Morgan fingerprint density at radius 2 is 1.00 bits per heavy atom. The molecule has 2 heteroatoms. The molecule has 0 aromatic carbocycles. The Kier molecular flexibility index (Phi) is 17.9. The summed E-state index contributed by atoms with van der Waals surface area (Å²) in [5.74, 6) is 1.68. The van der Waals surface area contributed by atoms with Crippen LogP contribution < -0.4 is 0 Å². The molecular formula is C23H46O2. The summed E-state index contributed by atoms with van der Waals surface area (Å²) in [7, 11) is 0. The molecule has 0 unspecified atom stereocenters. The van der Waals surface area contributed by atoms with Gasteiger partial charge in [-0.2, -0.15) is 0 Å². The Morgan fingerprint density at radius 3 is 1.48 bits per heavy atom. The van der Waals surface area contributed by atoms with Crippen molar-refractivity contribution in [2.24, 2.45) is 11.8 Å². The monoisotopic (exact) mass is 354 g/mol. The predicted octanol–water partition coefficient (Wildman–Crippen LogP) is 7.69. The van der Waals surface area contributed by atoms with Gasteiger partial charge in [0.2, 0.25) is 0 Å². The third kappa shape index (κ3) is 21.4. The van der Waals surface area contributed by atoms with Gasteiger partial charge in [-0.15, -0.1) is 0 Å². The average Bonchev–Trinajstić information content (AvgIpc) is 2.55. The van der Waals surface area contributed by atoms with E-state index in [2.05, 4.69) is 27.7 Å². The van der Waals surface area contributed by atoms with Crippen LogP contribution in [0.5, 0.6) is 0 Å². The summed E-state index contributed by atoms with van der Waals surface area (Å²) in [6.07, 6.45) is 18.4. The molecule has 0 aromatic heterocycles. The van der Waals surface area contributed by atoms with E-state index in [9.17, 15) is 4.79 Å². The second-order valence-electron chi connectivity index (χ2n) is 8.58. The highest BCUT2D eigenvalue weighted by atomic mass is 16.5. The minimum atomic E-state index is 0.0109. The molecule has 2 nitrogen and oxygen atoms in total. The lowest BCUT2D eigenvalue weighted by Gasteiger charge is -2.06. The molecule has 0 atom stereocenters. The molecule has 0 heterocycles. The van der Waals surface area contributed by atoms with E-state index < -0.39 is 0 Å². The molecule has 0 aromatic rings. The average molecular weight is 355 g/mol. The van der Waals surface area contributed by atoms with Crippen LogP contribution >= 0.6 is 0 Å². The molecule has 0 amide bonds. The molecule has 0 fully saturated rings. The number of hydrogen-bond donors (Lipinski definition) is 0. The summed E-state index contributed by atoms with van der Waals surface area (Å²) in [6.45, 7) is 9.80. The highest BCUT2D eigenvalue weighted by Crippen LogP contribution is 2.13. The van der Waals surface area contributed by atoms with Gasteiger partial charge in [0.1, 0.15) is 0 Å². The molecule has 0 radical (unpaired) electrons. The van der Waals surface area contributed by atoms with Crippen molar-refractivity contribution in [3.8, 4) is 0 Å². The third-order valence-electron chi connectivity index (χ3n) is 4.85. The number of hydrogen-bond acceptors (Lipinski definition) is 2. The molecule has 0 aliphatic heterocycles. The quantitative estimate of drug-likeness (QED) is 0.186.